The third-order valence-electron chi connectivity index (χ3n) is 4.76. The molecule has 0 aliphatic carbocycles. The first-order valence-corrected chi connectivity index (χ1v) is 9.46. The number of hydrogen-bond donors (Lipinski definition) is 1. The summed E-state index contributed by atoms with van der Waals surface area (Å²) in [6, 6.07) is 16.5. The van der Waals surface area contributed by atoms with Crippen molar-refractivity contribution in [2.75, 3.05) is 26.0 Å². The number of hydrogen-bond acceptors (Lipinski definition) is 4. The maximum atomic E-state index is 12.6. The largest absolute Gasteiger partial charge is 0.497 e. The number of methoxy groups -OCH3 is 1. The zero-order valence-corrected chi connectivity index (χ0v) is 16.7. The molecule has 2 aromatic carbocycles. The highest BCUT2D eigenvalue weighted by molar-refractivity contribution is 7.80. The first-order chi connectivity index (χ1) is 13.5. The van der Waals surface area contributed by atoms with Gasteiger partial charge in [0.15, 0.2) is 5.11 Å². The molecule has 0 radical (unpaired) electrons. The van der Waals surface area contributed by atoms with Gasteiger partial charge in [-0.1, -0.05) is 30.3 Å². The Hall–Kier alpha value is -2.93. The number of nitrogens with zero attached hydrogens (tertiary/aromatic N) is 2. The highest BCUT2D eigenvalue weighted by atomic mass is 32.1. The molecular formula is C21H23N3O3S. The van der Waals surface area contributed by atoms with Crippen molar-refractivity contribution in [3.8, 4) is 5.75 Å². The predicted molar refractivity (Wildman–Crippen MR) is 112 cm³/mol. The van der Waals surface area contributed by atoms with Crippen LogP contribution in [0.3, 0.4) is 0 Å². The van der Waals surface area contributed by atoms with Gasteiger partial charge in [-0.05, 0) is 48.5 Å². The number of likely N-dealkylation sites (N-methyl/N-ethyl adjacent to an activating group) is 1. The van der Waals surface area contributed by atoms with Gasteiger partial charge in [-0.15, -0.1) is 0 Å². The fraction of sp³-hybridized carbons (Fsp3) is 0.286. The van der Waals surface area contributed by atoms with Crippen molar-refractivity contribution in [1.29, 1.82) is 0 Å². The van der Waals surface area contributed by atoms with Gasteiger partial charge in [0.25, 0.3) is 5.91 Å². The van der Waals surface area contributed by atoms with Crippen molar-refractivity contribution in [3.63, 3.8) is 0 Å². The Balaban J connectivity index is 1.65. The molecule has 1 saturated heterocycles. The van der Waals surface area contributed by atoms with Crippen LogP contribution in [0.15, 0.2) is 54.6 Å². The Labute approximate surface area is 170 Å². The van der Waals surface area contributed by atoms with Crippen LogP contribution in [0.25, 0.3) is 0 Å². The van der Waals surface area contributed by atoms with Crippen molar-refractivity contribution in [1.82, 2.24) is 9.80 Å². The van der Waals surface area contributed by atoms with E-state index in [1.165, 1.54) is 4.90 Å². The molecule has 3 rings (SSSR count). The number of amides is 2. The maximum Gasteiger partial charge on any atom is 0.251 e. The molecule has 7 heteroatoms. The lowest BCUT2D eigenvalue weighted by molar-refractivity contribution is -0.130. The molecule has 2 amide bonds. The fourth-order valence-corrected chi connectivity index (χ4v) is 3.49. The molecule has 2 aromatic rings. The summed E-state index contributed by atoms with van der Waals surface area (Å²) >= 11 is 5.43. The van der Waals surface area contributed by atoms with E-state index in [0.717, 1.165) is 12.0 Å². The first-order valence-electron chi connectivity index (χ1n) is 9.05. The lowest BCUT2D eigenvalue weighted by Crippen LogP contribution is -2.39. The minimum Gasteiger partial charge on any atom is -0.497 e. The Morgan fingerprint density at radius 3 is 2.46 bits per heavy atom. The van der Waals surface area contributed by atoms with Crippen LogP contribution in [-0.2, 0) is 16.0 Å². The molecule has 1 aliphatic rings. The van der Waals surface area contributed by atoms with E-state index in [0.29, 0.717) is 23.1 Å². The third-order valence-corrected chi connectivity index (χ3v) is 5.27. The molecule has 28 heavy (non-hydrogen) atoms. The van der Waals surface area contributed by atoms with E-state index in [1.54, 1.807) is 38.4 Å². The second-order valence-corrected chi connectivity index (χ2v) is 6.97. The molecule has 146 valence electrons. The van der Waals surface area contributed by atoms with Crippen LogP contribution >= 0.6 is 12.2 Å². The van der Waals surface area contributed by atoms with Crippen LogP contribution in [0.5, 0.6) is 5.75 Å². The second kappa shape index (κ2) is 8.84. The Morgan fingerprint density at radius 2 is 1.82 bits per heavy atom. The van der Waals surface area contributed by atoms with Gasteiger partial charge in [0, 0.05) is 19.3 Å². The van der Waals surface area contributed by atoms with Gasteiger partial charge in [-0.25, -0.2) is 0 Å². The molecule has 1 N–H and O–H groups in total. The number of carbonyl (C=O) groups is 2. The van der Waals surface area contributed by atoms with Crippen molar-refractivity contribution in [2.24, 2.45) is 0 Å². The van der Waals surface area contributed by atoms with Crippen LogP contribution in [0.4, 0.5) is 5.69 Å². The molecule has 0 bridgehead atoms. The highest BCUT2D eigenvalue weighted by Crippen LogP contribution is 2.21. The van der Waals surface area contributed by atoms with Gasteiger partial charge in [0.1, 0.15) is 11.8 Å². The Morgan fingerprint density at radius 1 is 1.14 bits per heavy atom. The average molecular weight is 398 g/mol. The highest BCUT2D eigenvalue weighted by Gasteiger charge is 2.41. The van der Waals surface area contributed by atoms with Crippen LogP contribution in [0, 0.1) is 0 Å². The van der Waals surface area contributed by atoms with E-state index in [9.17, 15) is 9.59 Å². The molecule has 1 heterocycles. The first kappa shape index (κ1) is 19.8. The van der Waals surface area contributed by atoms with E-state index < -0.39 is 6.04 Å². The topological polar surface area (TPSA) is 61.9 Å². The molecular weight excluding hydrogens is 374 g/mol. The summed E-state index contributed by atoms with van der Waals surface area (Å²) in [5, 5.41) is 3.29. The lowest BCUT2D eigenvalue weighted by Gasteiger charge is -2.23. The Bertz CT molecular complexity index is 855. The molecule has 6 nitrogen and oxygen atoms in total. The molecule has 0 aromatic heterocycles. The zero-order valence-electron chi connectivity index (χ0n) is 15.9. The number of ether oxygens (including phenoxy) is 1. The van der Waals surface area contributed by atoms with Crippen LogP contribution in [0.1, 0.15) is 12.0 Å². The minimum atomic E-state index is -0.584. The van der Waals surface area contributed by atoms with Crippen molar-refractivity contribution < 1.29 is 14.3 Å². The number of carbonyl (C=O) groups excluding carboxylic acids is 2. The second-order valence-electron chi connectivity index (χ2n) is 6.61. The summed E-state index contributed by atoms with van der Waals surface area (Å²) in [7, 11) is 3.24. The van der Waals surface area contributed by atoms with E-state index in [4.69, 9.17) is 17.0 Å². The Kier molecular flexibility index (Phi) is 6.26. The minimum absolute atomic E-state index is 0.0458. The lowest BCUT2D eigenvalue weighted by atomic mass is 10.1. The smallest absolute Gasteiger partial charge is 0.251 e. The number of nitrogens with one attached hydrogen (secondary N) is 1. The standard InChI is InChI=1S/C21H23N3O3S/c1-23-20(26)18(14-19(25)22-16-8-10-17(27-2)11-9-16)24(21(23)28)13-12-15-6-4-3-5-7-15/h3-11,18H,12-14H2,1-2H3,(H,22,25)/t18-/m0/s1. The van der Waals surface area contributed by atoms with Gasteiger partial charge in [-0.2, -0.15) is 0 Å². The zero-order chi connectivity index (χ0) is 20.1. The van der Waals surface area contributed by atoms with Crippen molar-refractivity contribution in [3.05, 3.63) is 60.2 Å². The van der Waals surface area contributed by atoms with E-state index in [-0.39, 0.29) is 18.2 Å². The maximum absolute atomic E-state index is 12.6. The summed E-state index contributed by atoms with van der Waals surface area (Å²) in [5.41, 5.74) is 1.82. The molecule has 1 fully saturated rings. The predicted octanol–water partition coefficient (Wildman–Crippen LogP) is 2.69. The summed E-state index contributed by atoms with van der Waals surface area (Å²) in [5.74, 6) is 0.331. The van der Waals surface area contributed by atoms with Crippen LogP contribution in [-0.4, -0.2) is 53.5 Å². The molecule has 1 aliphatic heterocycles. The number of anilines is 1. The normalized spacial score (nSPS) is 16.4. The van der Waals surface area contributed by atoms with Crippen LogP contribution < -0.4 is 10.1 Å². The fourth-order valence-electron chi connectivity index (χ4n) is 3.18. The summed E-state index contributed by atoms with van der Waals surface area (Å²) in [6.07, 6.45) is 0.794. The van der Waals surface area contributed by atoms with Gasteiger partial charge in [0.05, 0.1) is 13.5 Å². The quantitative estimate of drug-likeness (QED) is 0.728. The molecule has 1 atom stereocenters. The third kappa shape index (κ3) is 4.48. The SMILES string of the molecule is COc1ccc(NC(=O)C[C@H]2C(=O)N(C)C(=S)N2CCc2ccccc2)cc1. The van der Waals surface area contributed by atoms with Gasteiger partial charge < -0.3 is 15.0 Å². The van der Waals surface area contributed by atoms with Gasteiger partial charge in [0.2, 0.25) is 5.91 Å². The van der Waals surface area contributed by atoms with Gasteiger partial charge in [-0.3, -0.25) is 14.5 Å². The van der Waals surface area contributed by atoms with Crippen LogP contribution in [0.2, 0.25) is 0 Å². The summed E-state index contributed by atoms with van der Waals surface area (Å²) < 4.78 is 5.11. The molecule has 0 saturated carbocycles. The number of thiocarbonyl (C=S) groups is 1. The van der Waals surface area contributed by atoms with E-state index >= 15 is 0 Å². The van der Waals surface area contributed by atoms with E-state index in [1.807, 2.05) is 35.2 Å². The monoisotopic (exact) mass is 397 g/mol. The molecule has 0 spiro atoms. The van der Waals surface area contributed by atoms with Gasteiger partial charge >= 0.3 is 0 Å². The summed E-state index contributed by atoms with van der Waals surface area (Å²) in [6.45, 7) is 0.583. The number of rotatable bonds is 7. The van der Waals surface area contributed by atoms with E-state index in [2.05, 4.69) is 5.32 Å². The number of benzene rings is 2. The van der Waals surface area contributed by atoms with Crippen molar-refractivity contribution >= 4 is 34.8 Å². The molecule has 0 unspecified atom stereocenters. The average Bonchev–Trinajstić information content (AvgIpc) is 2.91. The summed E-state index contributed by atoms with van der Waals surface area (Å²) in [4.78, 5) is 28.4. The van der Waals surface area contributed by atoms with Crippen molar-refractivity contribution in [2.45, 2.75) is 18.9 Å².